The van der Waals surface area contributed by atoms with E-state index in [0.717, 1.165) is 5.56 Å². The van der Waals surface area contributed by atoms with Crippen LogP contribution in [0.4, 0.5) is 5.69 Å². The van der Waals surface area contributed by atoms with Crippen molar-refractivity contribution in [1.29, 1.82) is 0 Å². The predicted octanol–water partition coefficient (Wildman–Crippen LogP) is 3.48. The van der Waals surface area contributed by atoms with Gasteiger partial charge in [0.2, 0.25) is 23.4 Å². The number of hydrogen-bond donors (Lipinski definition) is 1. The number of amides is 1. The summed E-state index contributed by atoms with van der Waals surface area (Å²) in [6, 6.07) is 10.8. The summed E-state index contributed by atoms with van der Waals surface area (Å²) < 4.78 is 22.0. The zero-order valence-corrected chi connectivity index (χ0v) is 16.0. The smallest absolute Gasteiger partial charge is 0.249 e. The lowest BCUT2D eigenvalue weighted by atomic mass is 10.1. The van der Waals surface area contributed by atoms with Crippen molar-refractivity contribution in [3.63, 3.8) is 0 Å². The van der Waals surface area contributed by atoms with Crippen LogP contribution >= 0.6 is 0 Å². The van der Waals surface area contributed by atoms with Crippen molar-refractivity contribution in [2.45, 2.75) is 6.92 Å². The molecule has 3 aromatic rings. The molecule has 1 aliphatic rings. The van der Waals surface area contributed by atoms with Gasteiger partial charge in [0.15, 0.2) is 11.5 Å². The van der Waals surface area contributed by atoms with E-state index in [-0.39, 0.29) is 5.91 Å². The molecule has 1 aromatic heterocycles. The summed E-state index contributed by atoms with van der Waals surface area (Å²) in [5, 5.41) is 10.7. The lowest BCUT2D eigenvalue weighted by molar-refractivity contribution is -0.111. The SMILES string of the molecule is COc1cc(/C=C/C(=O)Nc2ccccc2-c2nnc(C)o2)cc2c1OCCO2. The Bertz CT molecular complexity index is 1060. The standard InChI is InChI=1S/C21H19N3O5/c1-13-23-24-21(29-13)15-5-3-4-6-16(15)22-19(25)8-7-14-11-17(26-2)20-18(12-14)27-9-10-28-20/h3-8,11-12H,9-10H2,1-2H3,(H,22,25)/b8-7+. The fraction of sp³-hybridized carbons (Fsp3) is 0.190. The van der Waals surface area contributed by atoms with Crippen LogP contribution in [0.15, 0.2) is 46.9 Å². The first-order chi connectivity index (χ1) is 14.1. The number of carbonyl (C=O) groups is 1. The van der Waals surface area contributed by atoms with Gasteiger partial charge in [0, 0.05) is 13.0 Å². The number of fused-ring (bicyclic) bond motifs is 1. The van der Waals surface area contributed by atoms with E-state index in [9.17, 15) is 4.79 Å². The number of nitrogens with one attached hydrogen (secondary N) is 1. The van der Waals surface area contributed by atoms with E-state index < -0.39 is 0 Å². The summed E-state index contributed by atoms with van der Waals surface area (Å²) in [6.45, 7) is 2.65. The van der Waals surface area contributed by atoms with Gasteiger partial charge >= 0.3 is 0 Å². The quantitative estimate of drug-likeness (QED) is 0.663. The van der Waals surface area contributed by atoms with Gasteiger partial charge in [0.05, 0.1) is 18.4 Å². The van der Waals surface area contributed by atoms with Gasteiger partial charge in [-0.2, -0.15) is 0 Å². The number of anilines is 1. The normalized spacial score (nSPS) is 12.8. The molecule has 0 aliphatic carbocycles. The average Bonchev–Trinajstić information content (AvgIpc) is 3.18. The lowest BCUT2D eigenvalue weighted by Gasteiger charge is -2.20. The highest BCUT2D eigenvalue weighted by molar-refractivity contribution is 6.03. The second-order valence-corrected chi connectivity index (χ2v) is 6.24. The van der Waals surface area contributed by atoms with Crippen molar-refractivity contribution in [3.8, 4) is 28.7 Å². The molecule has 0 unspecified atom stereocenters. The topological polar surface area (TPSA) is 95.7 Å². The molecular weight excluding hydrogens is 374 g/mol. The number of aryl methyl sites for hydroxylation is 1. The first kappa shape index (κ1) is 18.5. The molecule has 29 heavy (non-hydrogen) atoms. The first-order valence-electron chi connectivity index (χ1n) is 9.00. The van der Waals surface area contributed by atoms with Crippen LogP contribution in [0.25, 0.3) is 17.5 Å². The van der Waals surface area contributed by atoms with Crippen molar-refractivity contribution in [2.24, 2.45) is 0 Å². The van der Waals surface area contributed by atoms with Crippen LogP contribution in [-0.4, -0.2) is 36.4 Å². The van der Waals surface area contributed by atoms with E-state index in [1.54, 1.807) is 44.4 Å². The van der Waals surface area contributed by atoms with Gasteiger partial charge in [-0.1, -0.05) is 12.1 Å². The fourth-order valence-electron chi connectivity index (χ4n) is 2.92. The highest BCUT2D eigenvalue weighted by Crippen LogP contribution is 2.40. The maximum atomic E-state index is 12.5. The van der Waals surface area contributed by atoms with Crippen LogP contribution in [0.2, 0.25) is 0 Å². The second kappa shape index (κ2) is 8.05. The highest BCUT2D eigenvalue weighted by atomic mass is 16.6. The minimum atomic E-state index is -0.303. The average molecular weight is 393 g/mol. The Hall–Kier alpha value is -3.81. The molecule has 2 heterocycles. The van der Waals surface area contributed by atoms with E-state index >= 15 is 0 Å². The number of rotatable bonds is 5. The number of carbonyl (C=O) groups excluding carboxylic acids is 1. The van der Waals surface area contributed by atoms with Crippen LogP contribution < -0.4 is 19.5 Å². The van der Waals surface area contributed by atoms with Gasteiger partial charge in [-0.25, -0.2) is 0 Å². The predicted molar refractivity (Wildman–Crippen MR) is 106 cm³/mol. The molecule has 8 heteroatoms. The molecule has 0 fully saturated rings. The number of benzene rings is 2. The van der Waals surface area contributed by atoms with Crippen molar-refractivity contribution in [1.82, 2.24) is 10.2 Å². The van der Waals surface area contributed by atoms with Crippen LogP contribution in [0.1, 0.15) is 11.5 Å². The summed E-state index contributed by atoms with van der Waals surface area (Å²) in [7, 11) is 1.56. The van der Waals surface area contributed by atoms with E-state index in [0.29, 0.717) is 53.5 Å². The second-order valence-electron chi connectivity index (χ2n) is 6.24. The largest absolute Gasteiger partial charge is 0.493 e. The summed E-state index contributed by atoms with van der Waals surface area (Å²) >= 11 is 0. The summed E-state index contributed by atoms with van der Waals surface area (Å²) in [5.41, 5.74) is 1.98. The van der Waals surface area contributed by atoms with Crippen LogP contribution in [0.3, 0.4) is 0 Å². The molecule has 0 atom stereocenters. The monoisotopic (exact) mass is 393 g/mol. The summed E-state index contributed by atoms with van der Waals surface area (Å²) in [6.07, 6.45) is 3.11. The maximum absolute atomic E-state index is 12.5. The third-order valence-electron chi connectivity index (χ3n) is 4.22. The number of aromatic nitrogens is 2. The third-order valence-corrected chi connectivity index (χ3v) is 4.22. The molecule has 1 N–H and O–H groups in total. The molecule has 148 valence electrons. The molecule has 1 amide bonds. The van der Waals surface area contributed by atoms with Gasteiger partial charge in [-0.3, -0.25) is 4.79 Å². The summed E-state index contributed by atoms with van der Waals surface area (Å²) in [4.78, 5) is 12.5. The molecule has 0 saturated carbocycles. The van der Waals surface area contributed by atoms with Crippen molar-refractivity contribution >= 4 is 17.7 Å². The highest BCUT2D eigenvalue weighted by Gasteiger charge is 2.18. The van der Waals surface area contributed by atoms with Gasteiger partial charge in [0.25, 0.3) is 0 Å². The van der Waals surface area contributed by atoms with Crippen molar-refractivity contribution < 1.29 is 23.4 Å². The van der Waals surface area contributed by atoms with E-state index in [4.69, 9.17) is 18.6 Å². The number of nitrogens with zero attached hydrogens (tertiary/aromatic N) is 2. The van der Waals surface area contributed by atoms with Gasteiger partial charge in [-0.05, 0) is 35.9 Å². The Morgan fingerprint density at radius 3 is 2.79 bits per heavy atom. The molecule has 0 radical (unpaired) electrons. The van der Waals surface area contributed by atoms with Gasteiger partial charge in [0.1, 0.15) is 13.2 Å². The Labute approximate surface area is 167 Å². The van der Waals surface area contributed by atoms with Crippen LogP contribution in [0, 0.1) is 6.92 Å². The first-order valence-corrected chi connectivity index (χ1v) is 9.00. The Kier molecular flexibility index (Phi) is 5.15. The number of methoxy groups -OCH3 is 1. The number of para-hydroxylation sites is 1. The molecule has 2 aromatic carbocycles. The summed E-state index contributed by atoms with van der Waals surface area (Å²) in [5.74, 6) is 2.21. The minimum absolute atomic E-state index is 0.303. The zero-order chi connectivity index (χ0) is 20.2. The fourth-order valence-corrected chi connectivity index (χ4v) is 2.92. The van der Waals surface area contributed by atoms with Crippen LogP contribution in [0.5, 0.6) is 17.2 Å². The van der Waals surface area contributed by atoms with Crippen LogP contribution in [-0.2, 0) is 4.79 Å². The Morgan fingerprint density at radius 2 is 2.00 bits per heavy atom. The van der Waals surface area contributed by atoms with Crippen molar-refractivity contribution in [2.75, 3.05) is 25.6 Å². The van der Waals surface area contributed by atoms with Gasteiger partial charge < -0.3 is 23.9 Å². The minimum Gasteiger partial charge on any atom is -0.493 e. The third kappa shape index (κ3) is 4.06. The molecular formula is C21H19N3O5. The number of hydrogen-bond acceptors (Lipinski definition) is 7. The van der Waals surface area contributed by atoms with Gasteiger partial charge in [-0.15, -0.1) is 10.2 Å². The molecule has 1 aliphatic heterocycles. The molecule has 8 nitrogen and oxygen atoms in total. The molecule has 4 rings (SSSR count). The number of ether oxygens (including phenoxy) is 3. The molecule has 0 saturated heterocycles. The maximum Gasteiger partial charge on any atom is 0.249 e. The molecule has 0 spiro atoms. The van der Waals surface area contributed by atoms with E-state index in [1.807, 2.05) is 12.1 Å². The van der Waals surface area contributed by atoms with E-state index in [2.05, 4.69) is 15.5 Å². The van der Waals surface area contributed by atoms with Crippen molar-refractivity contribution in [3.05, 3.63) is 53.9 Å². The Morgan fingerprint density at radius 1 is 1.17 bits per heavy atom. The lowest BCUT2D eigenvalue weighted by Crippen LogP contribution is -2.16. The molecule has 0 bridgehead atoms. The zero-order valence-electron chi connectivity index (χ0n) is 16.0. The van der Waals surface area contributed by atoms with E-state index in [1.165, 1.54) is 6.08 Å². The Balaban J connectivity index is 1.53.